The molecular formula is C27H24N2O5. The van der Waals surface area contributed by atoms with Crippen LogP contribution in [-0.2, 0) is 16.2 Å². The minimum Gasteiger partial charge on any atom is -0.494 e. The summed E-state index contributed by atoms with van der Waals surface area (Å²) in [6, 6.07) is 22.5. The number of hydrogen-bond donors (Lipinski definition) is 1. The third-order valence-electron chi connectivity index (χ3n) is 5.11. The molecule has 172 valence electrons. The molecule has 0 aromatic heterocycles. The fraction of sp³-hybridized carbons (Fsp3) is 0.148. The Morgan fingerprint density at radius 3 is 2.15 bits per heavy atom. The average molecular weight is 456 g/mol. The van der Waals surface area contributed by atoms with Crippen molar-refractivity contribution in [2.24, 2.45) is 0 Å². The van der Waals surface area contributed by atoms with Gasteiger partial charge in [0.2, 0.25) is 0 Å². The predicted octanol–water partition coefficient (Wildman–Crippen LogP) is 4.72. The second kappa shape index (κ2) is 10.5. The lowest BCUT2D eigenvalue weighted by Crippen LogP contribution is -2.54. The SMILES string of the molecule is CCCOc1ccc(/C=C2\C(=O)NC(=O)N(c3ccc(OCc4ccccc4)cc3)C2=O)cc1. The van der Waals surface area contributed by atoms with E-state index in [1.165, 1.54) is 6.08 Å². The maximum atomic E-state index is 13.1. The molecule has 1 aliphatic rings. The largest absolute Gasteiger partial charge is 0.494 e. The van der Waals surface area contributed by atoms with Crippen LogP contribution in [0.2, 0.25) is 0 Å². The summed E-state index contributed by atoms with van der Waals surface area (Å²) in [4.78, 5) is 38.9. The lowest BCUT2D eigenvalue weighted by Gasteiger charge is -2.26. The van der Waals surface area contributed by atoms with Crippen LogP contribution in [0.15, 0.2) is 84.4 Å². The molecule has 1 saturated heterocycles. The highest BCUT2D eigenvalue weighted by molar-refractivity contribution is 6.39. The van der Waals surface area contributed by atoms with E-state index in [0.29, 0.717) is 36.0 Å². The van der Waals surface area contributed by atoms with E-state index in [2.05, 4.69) is 5.32 Å². The van der Waals surface area contributed by atoms with Gasteiger partial charge >= 0.3 is 6.03 Å². The Hall–Kier alpha value is -4.39. The van der Waals surface area contributed by atoms with E-state index < -0.39 is 17.8 Å². The molecule has 34 heavy (non-hydrogen) atoms. The van der Waals surface area contributed by atoms with Crippen LogP contribution >= 0.6 is 0 Å². The number of urea groups is 1. The standard InChI is InChI=1S/C27H24N2O5/c1-2-16-33-22-12-8-19(9-13-22)17-24-25(30)28-27(32)29(26(24)31)21-10-14-23(15-11-21)34-18-20-6-4-3-5-7-20/h3-15,17H,2,16,18H2,1H3,(H,28,30,32)/b24-17+. The van der Waals surface area contributed by atoms with E-state index in [1.54, 1.807) is 48.5 Å². The van der Waals surface area contributed by atoms with Gasteiger partial charge in [0.25, 0.3) is 11.8 Å². The summed E-state index contributed by atoms with van der Waals surface area (Å²) in [5.74, 6) is -0.136. The first-order chi connectivity index (χ1) is 16.5. The number of barbiturate groups is 1. The van der Waals surface area contributed by atoms with E-state index in [-0.39, 0.29) is 5.57 Å². The first-order valence-corrected chi connectivity index (χ1v) is 11.0. The molecule has 7 nitrogen and oxygen atoms in total. The van der Waals surface area contributed by atoms with E-state index in [9.17, 15) is 14.4 Å². The van der Waals surface area contributed by atoms with E-state index in [1.807, 2.05) is 37.3 Å². The van der Waals surface area contributed by atoms with Crippen molar-refractivity contribution in [1.82, 2.24) is 5.32 Å². The molecule has 0 spiro atoms. The summed E-state index contributed by atoms with van der Waals surface area (Å²) in [5, 5.41) is 2.23. The number of rotatable bonds is 8. The summed E-state index contributed by atoms with van der Waals surface area (Å²) >= 11 is 0. The molecule has 0 radical (unpaired) electrons. The molecule has 3 aromatic rings. The molecule has 1 aliphatic heterocycles. The van der Waals surface area contributed by atoms with Crippen LogP contribution < -0.4 is 19.7 Å². The van der Waals surface area contributed by atoms with Gasteiger partial charge < -0.3 is 9.47 Å². The molecule has 4 rings (SSSR count). The molecule has 0 saturated carbocycles. The van der Waals surface area contributed by atoms with Crippen molar-refractivity contribution >= 4 is 29.6 Å². The Balaban J connectivity index is 1.49. The molecule has 0 atom stereocenters. The Bertz CT molecular complexity index is 1200. The third kappa shape index (κ3) is 5.32. The zero-order valence-electron chi connectivity index (χ0n) is 18.7. The first kappa shape index (κ1) is 22.8. The predicted molar refractivity (Wildman–Crippen MR) is 128 cm³/mol. The first-order valence-electron chi connectivity index (χ1n) is 11.0. The maximum Gasteiger partial charge on any atom is 0.335 e. The van der Waals surface area contributed by atoms with Gasteiger partial charge in [-0.1, -0.05) is 49.4 Å². The molecule has 0 aliphatic carbocycles. The number of nitrogens with zero attached hydrogens (tertiary/aromatic N) is 1. The van der Waals surface area contributed by atoms with Crippen molar-refractivity contribution in [1.29, 1.82) is 0 Å². The van der Waals surface area contributed by atoms with E-state index >= 15 is 0 Å². The second-order valence-corrected chi connectivity index (χ2v) is 7.64. The van der Waals surface area contributed by atoms with Crippen molar-refractivity contribution in [2.75, 3.05) is 11.5 Å². The van der Waals surface area contributed by atoms with Crippen LogP contribution in [0.5, 0.6) is 11.5 Å². The number of ether oxygens (including phenoxy) is 2. The van der Waals surface area contributed by atoms with Gasteiger partial charge in [0, 0.05) is 0 Å². The molecule has 0 unspecified atom stereocenters. The fourth-order valence-electron chi connectivity index (χ4n) is 3.37. The van der Waals surface area contributed by atoms with E-state index in [0.717, 1.165) is 16.9 Å². The Morgan fingerprint density at radius 1 is 0.824 bits per heavy atom. The molecular weight excluding hydrogens is 432 g/mol. The molecule has 4 amide bonds. The third-order valence-corrected chi connectivity index (χ3v) is 5.11. The quantitative estimate of drug-likeness (QED) is 0.392. The zero-order chi connectivity index (χ0) is 23.9. The summed E-state index contributed by atoms with van der Waals surface area (Å²) in [6.45, 7) is 3.02. The number of anilines is 1. The highest BCUT2D eigenvalue weighted by Gasteiger charge is 2.36. The van der Waals surface area contributed by atoms with Crippen LogP contribution in [0.25, 0.3) is 6.08 Å². The highest BCUT2D eigenvalue weighted by atomic mass is 16.5. The minimum atomic E-state index is -0.798. The summed E-state index contributed by atoms with van der Waals surface area (Å²) in [7, 11) is 0. The van der Waals surface area contributed by atoms with Gasteiger partial charge in [-0.2, -0.15) is 0 Å². The minimum absolute atomic E-state index is 0.133. The van der Waals surface area contributed by atoms with Crippen LogP contribution in [0.3, 0.4) is 0 Å². The number of carbonyl (C=O) groups excluding carboxylic acids is 3. The number of hydrogen-bond acceptors (Lipinski definition) is 5. The number of benzene rings is 3. The van der Waals surface area contributed by atoms with Gasteiger partial charge in [-0.3, -0.25) is 14.9 Å². The summed E-state index contributed by atoms with van der Waals surface area (Å²) < 4.78 is 11.3. The monoisotopic (exact) mass is 456 g/mol. The van der Waals surface area contributed by atoms with Crippen LogP contribution in [0.1, 0.15) is 24.5 Å². The summed E-state index contributed by atoms with van der Waals surface area (Å²) in [6.07, 6.45) is 2.35. The van der Waals surface area contributed by atoms with Crippen molar-refractivity contribution in [3.8, 4) is 11.5 Å². The summed E-state index contributed by atoms with van der Waals surface area (Å²) in [5.41, 5.74) is 1.86. The fourth-order valence-corrected chi connectivity index (χ4v) is 3.37. The highest BCUT2D eigenvalue weighted by Crippen LogP contribution is 2.25. The zero-order valence-corrected chi connectivity index (χ0v) is 18.7. The number of nitrogens with one attached hydrogen (secondary N) is 1. The van der Waals surface area contributed by atoms with E-state index in [4.69, 9.17) is 9.47 Å². The normalized spacial score (nSPS) is 14.8. The molecule has 1 fully saturated rings. The van der Waals surface area contributed by atoms with Crippen LogP contribution in [0.4, 0.5) is 10.5 Å². The smallest absolute Gasteiger partial charge is 0.335 e. The number of carbonyl (C=O) groups is 3. The van der Waals surface area contributed by atoms with Gasteiger partial charge in [0.1, 0.15) is 23.7 Å². The van der Waals surface area contributed by atoms with Crippen LogP contribution in [0, 0.1) is 0 Å². The van der Waals surface area contributed by atoms with Gasteiger partial charge in [-0.15, -0.1) is 0 Å². The van der Waals surface area contributed by atoms with Gasteiger partial charge in [-0.25, -0.2) is 9.69 Å². The van der Waals surface area contributed by atoms with Crippen molar-refractivity contribution in [2.45, 2.75) is 20.0 Å². The van der Waals surface area contributed by atoms with Gasteiger partial charge in [0.15, 0.2) is 0 Å². The second-order valence-electron chi connectivity index (χ2n) is 7.64. The van der Waals surface area contributed by atoms with Crippen molar-refractivity contribution in [3.63, 3.8) is 0 Å². The van der Waals surface area contributed by atoms with Crippen molar-refractivity contribution in [3.05, 3.63) is 95.6 Å². The Morgan fingerprint density at radius 2 is 1.47 bits per heavy atom. The number of amides is 4. The van der Waals surface area contributed by atoms with Gasteiger partial charge in [-0.05, 0) is 60.0 Å². The van der Waals surface area contributed by atoms with Crippen LogP contribution in [-0.4, -0.2) is 24.5 Å². The average Bonchev–Trinajstić information content (AvgIpc) is 2.86. The Kier molecular flexibility index (Phi) is 7.03. The molecule has 7 heteroatoms. The van der Waals surface area contributed by atoms with Gasteiger partial charge in [0.05, 0.1) is 12.3 Å². The topological polar surface area (TPSA) is 84.9 Å². The molecule has 1 heterocycles. The number of imide groups is 2. The lowest BCUT2D eigenvalue weighted by molar-refractivity contribution is -0.122. The Labute approximate surface area is 197 Å². The molecule has 3 aromatic carbocycles. The molecule has 1 N–H and O–H groups in total. The maximum absolute atomic E-state index is 13.1. The van der Waals surface area contributed by atoms with Crippen molar-refractivity contribution < 1.29 is 23.9 Å². The lowest BCUT2D eigenvalue weighted by atomic mass is 10.1. The molecule has 0 bridgehead atoms.